The number of thioether (sulfide) groups is 1. The normalized spacial score (nSPS) is 16.6. The topological polar surface area (TPSA) is 75.3 Å². The summed E-state index contributed by atoms with van der Waals surface area (Å²) in [6.07, 6.45) is 3.26. The van der Waals surface area contributed by atoms with Gasteiger partial charge in [-0.2, -0.15) is 11.8 Å². The molecule has 0 saturated carbocycles. The van der Waals surface area contributed by atoms with E-state index in [-0.39, 0.29) is 23.8 Å². The Balaban J connectivity index is 3.86. The molecule has 3 atom stereocenters. The lowest BCUT2D eigenvalue weighted by molar-refractivity contribution is -0.122. The summed E-state index contributed by atoms with van der Waals surface area (Å²) in [6, 6.07) is 0.000632. The van der Waals surface area contributed by atoms with Crippen LogP contribution in [0.1, 0.15) is 26.7 Å². The van der Waals surface area contributed by atoms with E-state index in [1.165, 1.54) is 0 Å². The summed E-state index contributed by atoms with van der Waals surface area (Å²) >= 11 is 1.56. The Hall–Kier alpha value is -0.260. The van der Waals surface area contributed by atoms with Crippen molar-refractivity contribution in [2.45, 2.75) is 38.0 Å². The zero-order valence-corrected chi connectivity index (χ0v) is 11.2. The third-order valence-corrected chi connectivity index (χ3v) is 3.86. The van der Waals surface area contributed by atoms with E-state index in [1.807, 2.05) is 20.1 Å². The number of aliphatic hydroxyl groups is 1. The summed E-state index contributed by atoms with van der Waals surface area (Å²) in [5.74, 6) is 0.426. The minimum atomic E-state index is 0.000632. The molecular weight excluding hydrogens is 224 g/mol. The van der Waals surface area contributed by atoms with E-state index in [2.05, 4.69) is 5.32 Å². The molecule has 0 heterocycles. The van der Waals surface area contributed by atoms with Gasteiger partial charge in [0.05, 0.1) is 6.61 Å². The van der Waals surface area contributed by atoms with Crippen molar-refractivity contribution in [1.82, 2.24) is 5.32 Å². The monoisotopic (exact) mass is 248 g/mol. The average Bonchev–Trinajstić information content (AvgIpc) is 2.27. The Morgan fingerprint density at radius 1 is 1.50 bits per heavy atom. The van der Waals surface area contributed by atoms with Gasteiger partial charge in [-0.25, -0.2) is 0 Å². The average molecular weight is 248 g/mol. The maximum atomic E-state index is 11.6. The summed E-state index contributed by atoms with van der Waals surface area (Å²) < 4.78 is 0. The molecule has 4 N–H and O–H groups in total. The van der Waals surface area contributed by atoms with Crippen LogP contribution in [0.4, 0.5) is 0 Å². The van der Waals surface area contributed by atoms with E-state index >= 15 is 0 Å². The van der Waals surface area contributed by atoms with Crippen molar-refractivity contribution in [1.29, 1.82) is 0 Å². The van der Waals surface area contributed by atoms with Gasteiger partial charge in [-0.1, -0.05) is 6.92 Å². The van der Waals surface area contributed by atoms with Crippen LogP contribution in [-0.4, -0.2) is 41.7 Å². The van der Waals surface area contributed by atoms with Crippen molar-refractivity contribution in [2.75, 3.05) is 19.4 Å². The lowest BCUT2D eigenvalue weighted by atomic mass is 10.1. The molecule has 0 saturated heterocycles. The summed E-state index contributed by atoms with van der Waals surface area (Å²) in [6.45, 7) is 4.66. The second-order valence-corrected chi connectivity index (χ2v) is 5.27. The molecule has 5 heteroatoms. The van der Waals surface area contributed by atoms with Crippen molar-refractivity contribution in [3.8, 4) is 0 Å². The van der Waals surface area contributed by atoms with Crippen molar-refractivity contribution in [3.05, 3.63) is 0 Å². The maximum absolute atomic E-state index is 11.6. The molecule has 1 amide bonds. The molecule has 0 radical (unpaired) electrons. The highest BCUT2D eigenvalue weighted by molar-refractivity contribution is 7.99. The molecule has 96 valence electrons. The van der Waals surface area contributed by atoms with Crippen LogP contribution in [-0.2, 0) is 4.79 Å². The second kappa shape index (κ2) is 8.84. The first-order chi connectivity index (χ1) is 7.54. The van der Waals surface area contributed by atoms with Gasteiger partial charge in [-0.3, -0.25) is 4.79 Å². The maximum Gasteiger partial charge on any atom is 0.220 e. The highest BCUT2D eigenvalue weighted by Crippen LogP contribution is 2.11. The number of hydrogen-bond donors (Lipinski definition) is 3. The van der Waals surface area contributed by atoms with Gasteiger partial charge in [0.2, 0.25) is 5.91 Å². The predicted octanol–water partition coefficient (Wildman–Crippen LogP) is 0.590. The Bertz CT molecular complexity index is 198. The highest BCUT2D eigenvalue weighted by atomic mass is 32.2. The molecule has 0 aromatic heterocycles. The lowest BCUT2D eigenvalue weighted by Gasteiger charge is -2.21. The first kappa shape index (κ1) is 15.7. The molecular formula is C11H24N2O2S. The van der Waals surface area contributed by atoms with Gasteiger partial charge in [0.1, 0.15) is 0 Å². The van der Waals surface area contributed by atoms with Gasteiger partial charge in [-0.05, 0) is 32.1 Å². The number of carbonyl (C=O) groups is 1. The molecule has 16 heavy (non-hydrogen) atoms. The van der Waals surface area contributed by atoms with Crippen LogP contribution in [0, 0.1) is 5.92 Å². The smallest absolute Gasteiger partial charge is 0.220 e. The van der Waals surface area contributed by atoms with Crippen molar-refractivity contribution in [3.63, 3.8) is 0 Å². The second-order valence-electron chi connectivity index (χ2n) is 4.19. The first-order valence-electron chi connectivity index (χ1n) is 5.68. The van der Waals surface area contributed by atoms with Crippen LogP contribution in [0.3, 0.4) is 0 Å². The molecule has 0 aliphatic carbocycles. The summed E-state index contributed by atoms with van der Waals surface area (Å²) in [4.78, 5) is 11.6. The third-order valence-electron chi connectivity index (χ3n) is 2.70. The molecule has 4 nitrogen and oxygen atoms in total. The fourth-order valence-corrected chi connectivity index (χ4v) is 1.98. The largest absolute Gasteiger partial charge is 0.395 e. The summed E-state index contributed by atoms with van der Waals surface area (Å²) in [7, 11) is 0. The number of aliphatic hydroxyl groups excluding tert-OH is 1. The Morgan fingerprint density at radius 3 is 2.56 bits per heavy atom. The summed E-state index contributed by atoms with van der Waals surface area (Å²) in [5.41, 5.74) is 5.48. The van der Waals surface area contributed by atoms with Gasteiger partial charge in [-0.15, -0.1) is 0 Å². The van der Waals surface area contributed by atoms with E-state index < -0.39 is 0 Å². The first-order valence-corrected chi connectivity index (χ1v) is 6.97. The molecule has 0 bridgehead atoms. The van der Waals surface area contributed by atoms with E-state index in [9.17, 15) is 4.79 Å². The van der Waals surface area contributed by atoms with E-state index in [0.717, 1.165) is 6.42 Å². The van der Waals surface area contributed by atoms with Gasteiger partial charge in [0.25, 0.3) is 0 Å². The van der Waals surface area contributed by atoms with Crippen molar-refractivity contribution >= 4 is 17.7 Å². The van der Waals surface area contributed by atoms with E-state index in [1.54, 1.807) is 11.8 Å². The molecule has 0 aromatic carbocycles. The van der Waals surface area contributed by atoms with Crippen LogP contribution in [0.25, 0.3) is 0 Å². The molecule has 0 fully saturated rings. The van der Waals surface area contributed by atoms with Crippen LogP contribution in [0.2, 0.25) is 0 Å². The molecule has 0 aromatic rings. The van der Waals surface area contributed by atoms with Crippen LogP contribution >= 0.6 is 11.8 Å². The van der Waals surface area contributed by atoms with E-state index in [4.69, 9.17) is 10.8 Å². The zero-order chi connectivity index (χ0) is 12.6. The fraction of sp³-hybridized carbons (Fsp3) is 0.909. The van der Waals surface area contributed by atoms with Gasteiger partial charge >= 0.3 is 0 Å². The Morgan fingerprint density at radius 2 is 2.12 bits per heavy atom. The number of rotatable bonds is 8. The lowest BCUT2D eigenvalue weighted by Crippen LogP contribution is -2.41. The Labute approximate surface area is 102 Å². The van der Waals surface area contributed by atoms with E-state index in [0.29, 0.717) is 18.9 Å². The SMILES string of the molecule is CSC(CO)C(C)NC(=O)CCC(C)CN. The minimum Gasteiger partial charge on any atom is -0.395 e. The van der Waals surface area contributed by atoms with Crippen LogP contribution in [0.5, 0.6) is 0 Å². The quantitative estimate of drug-likeness (QED) is 0.588. The standard InChI is InChI=1S/C11H24N2O2S/c1-8(6-12)4-5-11(15)13-9(2)10(7-14)16-3/h8-10,14H,4-7,12H2,1-3H3,(H,13,15). The van der Waals surface area contributed by atoms with Gasteiger partial charge in [0.15, 0.2) is 0 Å². The van der Waals surface area contributed by atoms with Gasteiger partial charge in [0, 0.05) is 17.7 Å². The van der Waals surface area contributed by atoms with Crippen LogP contribution in [0.15, 0.2) is 0 Å². The Kier molecular flexibility index (Phi) is 8.70. The molecule has 0 spiro atoms. The van der Waals surface area contributed by atoms with Crippen LogP contribution < -0.4 is 11.1 Å². The number of carbonyl (C=O) groups excluding carboxylic acids is 1. The third kappa shape index (κ3) is 6.35. The zero-order valence-electron chi connectivity index (χ0n) is 10.4. The minimum absolute atomic E-state index is 0.000632. The molecule has 0 aliphatic rings. The molecule has 3 unspecified atom stereocenters. The molecule has 0 aliphatic heterocycles. The number of nitrogens with one attached hydrogen (secondary N) is 1. The van der Waals surface area contributed by atoms with Gasteiger partial charge < -0.3 is 16.2 Å². The summed E-state index contributed by atoms with van der Waals surface area (Å²) in [5, 5.41) is 12.0. The number of hydrogen-bond acceptors (Lipinski definition) is 4. The number of nitrogens with two attached hydrogens (primary N) is 1. The van der Waals surface area contributed by atoms with Crippen molar-refractivity contribution < 1.29 is 9.90 Å². The molecule has 0 rings (SSSR count). The highest BCUT2D eigenvalue weighted by Gasteiger charge is 2.17. The fourth-order valence-electron chi connectivity index (χ4n) is 1.35. The van der Waals surface area contributed by atoms with Crippen molar-refractivity contribution in [2.24, 2.45) is 11.7 Å². The predicted molar refractivity (Wildman–Crippen MR) is 69.4 cm³/mol. The number of amides is 1.